The number of rotatable bonds is 10. The Kier molecular flexibility index (Phi) is 8.32. The molecule has 3 rings (SSSR count). The Morgan fingerprint density at radius 3 is 1.11 bits per heavy atom. The third-order valence-electron chi connectivity index (χ3n) is 5.24. The zero-order valence-corrected chi connectivity index (χ0v) is 18.6. The Labute approximate surface area is 201 Å². The van der Waals surface area contributed by atoms with Gasteiger partial charge in [-0.15, -0.1) is 0 Å². The molecule has 0 heterocycles. The number of esters is 3. The fourth-order valence-electron chi connectivity index (χ4n) is 3.23. The summed E-state index contributed by atoms with van der Waals surface area (Å²) in [5.74, 6) is -5.98. The predicted molar refractivity (Wildman–Crippen MR) is 122 cm³/mol. The number of hydrogen-bond donors (Lipinski definition) is 3. The topological polar surface area (TPSA) is 140 Å². The maximum absolute atomic E-state index is 12.9. The molecule has 0 atom stereocenters. The molecule has 35 heavy (non-hydrogen) atoms. The lowest BCUT2D eigenvalue weighted by Gasteiger charge is -2.44. The number of benzene rings is 3. The third kappa shape index (κ3) is 5.55. The molecule has 0 aliphatic carbocycles. The average molecular weight is 480 g/mol. The summed E-state index contributed by atoms with van der Waals surface area (Å²) in [5, 5.41) is 30.9. The lowest BCUT2D eigenvalue weighted by Crippen LogP contribution is -2.67. The van der Waals surface area contributed by atoms with Gasteiger partial charge in [-0.1, -0.05) is 54.6 Å². The summed E-state index contributed by atoms with van der Waals surface area (Å²) in [6.07, 6.45) is 0. The van der Waals surface area contributed by atoms with Crippen LogP contribution in [0.2, 0.25) is 0 Å². The molecule has 0 aromatic heterocycles. The summed E-state index contributed by atoms with van der Waals surface area (Å²) in [7, 11) is 0. The van der Waals surface area contributed by atoms with E-state index in [2.05, 4.69) is 0 Å². The third-order valence-corrected chi connectivity index (χ3v) is 5.24. The molecule has 3 aromatic carbocycles. The number of aliphatic hydroxyl groups excluding tert-OH is 3. The van der Waals surface area contributed by atoms with Crippen LogP contribution in [-0.4, -0.2) is 64.4 Å². The minimum Gasteiger partial charge on any atom is -0.442 e. The van der Waals surface area contributed by atoms with Crippen LogP contribution in [0.1, 0.15) is 31.1 Å². The minimum atomic E-state index is -2.82. The molecule has 3 aromatic rings. The molecule has 182 valence electrons. The number of carbonyl (C=O) groups is 3. The predicted octanol–water partition coefficient (Wildman–Crippen LogP) is 1.97. The van der Waals surface area contributed by atoms with Crippen LogP contribution in [-0.2, 0) is 14.2 Å². The molecular formula is C26H24O9. The highest BCUT2D eigenvalue weighted by atomic mass is 16.8. The smallest absolute Gasteiger partial charge is 0.341 e. The van der Waals surface area contributed by atoms with Gasteiger partial charge >= 0.3 is 23.7 Å². The van der Waals surface area contributed by atoms with Gasteiger partial charge in [0.05, 0.1) is 29.9 Å². The molecular weight excluding hydrogens is 456 g/mol. The monoisotopic (exact) mass is 480 g/mol. The van der Waals surface area contributed by atoms with Crippen molar-refractivity contribution >= 4 is 17.9 Å². The van der Waals surface area contributed by atoms with E-state index < -0.39 is 49.1 Å². The second-order valence-electron chi connectivity index (χ2n) is 7.49. The number of carbonyl (C=O) groups excluding carboxylic acids is 3. The molecule has 0 aliphatic heterocycles. The fraction of sp³-hybridized carbons (Fsp3) is 0.192. The molecule has 0 unspecified atom stereocenters. The molecule has 0 spiro atoms. The number of ether oxygens (including phenoxy) is 3. The van der Waals surface area contributed by atoms with E-state index in [-0.39, 0.29) is 16.7 Å². The van der Waals surface area contributed by atoms with Crippen molar-refractivity contribution in [1.29, 1.82) is 0 Å². The maximum Gasteiger partial charge on any atom is 0.341 e. The lowest BCUT2D eigenvalue weighted by atomic mass is 9.93. The van der Waals surface area contributed by atoms with Gasteiger partial charge in [0.2, 0.25) is 5.60 Å². The zero-order chi connectivity index (χ0) is 25.3. The van der Waals surface area contributed by atoms with Crippen LogP contribution < -0.4 is 0 Å². The molecule has 0 saturated heterocycles. The van der Waals surface area contributed by atoms with Gasteiger partial charge in [-0.25, -0.2) is 14.4 Å². The van der Waals surface area contributed by atoms with Gasteiger partial charge in [0.1, 0.15) is 6.61 Å². The first-order valence-corrected chi connectivity index (χ1v) is 10.6. The van der Waals surface area contributed by atoms with Gasteiger partial charge in [0.15, 0.2) is 0 Å². The van der Waals surface area contributed by atoms with Crippen molar-refractivity contribution in [3.8, 4) is 0 Å². The molecule has 0 fully saturated rings. The van der Waals surface area contributed by atoms with Crippen LogP contribution in [0.5, 0.6) is 0 Å². The summed E-state index contributed by atoms with van der Waals surface area (Å²) >= 11 is 0. The zero-order valence-electron chi connectivity index (χ0n) is 18.6. The Hall–Kier alpha value is -4.05. The van der Waals surface area contributed by atoms with E-state index >= 15 is 0 Å². The second kappa shape index (κ2) is 11.4. The largest absolute Gasteiger partial charge is 0.442 e. The highest BCUT2D eigenvalue weighted by Gasteiger charge is 2.61. The average Bonchev–Trinajstić information content (AvgIpc) is 2.92. The first-order chi connectivity index (χ1) is 16.9. The van der Waals surface area contributed by atoms with E-state index in [1.54, 1.807) is 54.6 Å². The van der Waals surface area contributed by atoms with Crippen molar-refractivity contribution in [2.75, 3.05) is 19.8 Å². The Balaban J connectivity index is 2.07. The highest BCUT2D eigenvalue weighted by Crippen LogP contribution is 2.34. The van der Waals surface area contributed by atoms with Gasteiger partial charge in [-0.05, 0) is 36.4 Å². The molecule has 0 radical (unpaired) electrons. The molecule has 0 saturated carbocycles. The molecule has 0 aliphatic rings. The highest BCUT2D eigenvalue weighted by molar-refractivity contribution is 5.92. The molecule has 9 nitrogen and oxygen atoms in total. The minimum absolute atomic E-state index is 0.0141. The molecule has 9 heteroatoms. The number of hydrogen-bond acceptors (Lipinski definition) is 9. The lowest BCUT2D eigenvalue weighted by molar-refractivity contribution is -0.299. The van der Waals surface area contributed by atoms with Crippen molar-refractivity contribution in [1.82, 2.24) is 0 Å². The van der Waals surface area contributed by atoms with Crippen LogP contribution in [0.4, 0.5) is 0 Å². The first kappa shape index (κ1) is 25.6. The molecule has 0 bridgehead atoms. The Bertz CT molecular complexity index is 1070. The standard InChI is InChI=1S/C26H24O9/c27-16-25(17-28,33-22(30)19-10-4-1-5-11-19)26(18-29,34-23(31)20-12-6-2-7-13-20)35-24(32)21-14-8-3-9-15-21/h1-15,27-29H,16-18H2. The van der Waals surface area contributed by atoms with E-state index in [1.807, 2.05) is 0 Å². The van der Waals surface area contributed by atoms with Crippen LogP contribution in [0, 0.1) is 0 Å². The van der Waals surface area contributed by atoms with E-state index in [4.69, 9.17) is 14.2 Å². The van der Waals surface area contributed by atoms with Gasteiger partial charge in [0, 0.05) is 0 Å². The fourth-order valence-corrected chi connectivity index (χ4v) is 3.23. The van der Waals surface area contributed by atoms with E-state index in [0.29, 0.717) is 0 Å². The van der Waals surface area contributed by atoms with Crippen molar-refractivity contribution in [3.05, 3.63) is 108 Å². The summed E-state index contributed by atoms with van der Waals surface area (Å²) in [6, 6.07) is 22.7. The van der Waals surface area contributed by atoms with Gasteiger partial charge in [-0.2, -0.15) is 0 Å². The van der Waals surface area contributed by atoms with Crippen molar-refractivity contribution in [2.24, 2.45) is 0 Å². The van der Waals surface area contributed by atoms with Crippen LogP contribution >= 0.6 is 0 Å². The second-order valence-corrected chi connectivity index (χ2v) is 7.49. The molecule has 3 N–H and O–H groups in total. The van der Waals surface area contributed by atoms with E-state index in [1.165, 1.54) is 36.4 Å². The Morgan fingerprint density at radius 2 is 0.829 bits per heavy atom. The Morgan fingerprint density at radius 1 is 0.514 bits per heavy atom. The molecule has 0 amide bonds. The van der Waals surface area contributed by atoms with Crippen LogP contribution in [0.25, 0.3) is 0 Å². The van der Waals surface area contributed by atoms with Gasteiger partial charge < -0.3 is 29.5 Å². The number of aliphatic hydroxyl groups is 3. The summed E-state index contributed by atoms with van der Waals surface area (Å²) < 4.78 is 16.2. The van der Waals surface area contributed by atoms with Crippen molar-refractivity contribution in [3.63, 3.8) is 0 Å². The van der Waals surface area contributed by atoms with Crippen molar-refractivity contribution < 1.29 is 43.9 Å². The SMILES string of the molecule is O=C(OC(CO)(CO)C(CO)(OC(=O)c1ccccc1)OC(=O)c1ccccc1)c1ccccc1. The van der Waals surface area contributed by atoms with E-state index in [0.717, 1.165) is 0 Å². The van der Waals surface area contributed by atoms with Gasteiger partial charge in [-0.3, -0.25) is 0 Å². The maximum atomic E-state index is 12.9. The summed E-state index contributed by atoms with van der Waals surface area (Å²) in [6.45, 7) is -3.60. The van der Waals surface area contributed by atoms with Crippen LogP contribution in [0.15, 0.2) is 91.0 Å². The summed E-state index contributed by atoms with van der Waals surface area (Å²) in [4.78, 5) is 38.7. The first-order valence-electron chi connectivity index (χ1n) is 10.6. The summed E-state index contributed by atoms with van der Waals surface area (Å²) in [5.41, 5.74) is -2.52. The van der Waals surface area contributed by atoms with E-state index in [9.17, 15) is 29.7 Å². The van der Waals surface area contributed by atoms with Gasteiger partial charge in [0.25, 0.3) is 0 Å². The normalized spacial score (nSPS) is 11.4. The van der Waals surface area contributed by atoms with Crippen LogP contribution in [0.3, 0.4) is 0 Å². The van der Waals surface area contributed by atoms with Crippen molar-refractivity contribution in [2.45, 2.75) is 11.4 Å². The quantitative estimate of drug-likeness (QED) is 0.293.